The molecule has 1 heterocycles. The highest BCUT2D eigenvalue weighted by atomic mass is 35.5. The van der Waals surface area contributed by atoms with Crippen LogP contribution in [-0.2, 0) is 0 Å². The molecule has 0 fully saturated rings. The molecule has 1 aromatic heterocycles. The first-order valence-corrected chi connectivity index (χ1v) is 5.12. The molecule has 2 rings (SSSR count). The highest BCUT2D eigenvalue weighted by Crippen LogP contribution is 2.26. The molecule has 2 aromatic rings. The number of hydrogen-bond donors (Lipinski definition) is 2. The third kappa shape index (κ3) is 1.51. The number of aromatic amines is 1. The van der Waals surface area contributed by atoms with E-state index in [9.17, 15) is 0 Å². The van der Waals surface area contributed by atoms with Crippen molar-refractivity contribution in [3.8, 4) is 0 Å². The summed E-state index contributed by atoms with van der Waals surface area (Å²) < 4.78 is 0. The van der Waals surface area contributed by atoms with Crippen molar-refractivity contribution >= 4 is 22.5 Å². The quantitative estimate of drug-likeness (QED) is 0.782. The second-order valence-corrected chi connectivity index (χ2v) is 3.89. The van der Waals surface area contributed by atoms with Crippen molar-refractivity contribution in [3.05, 3.63) is 35.0 Å². The number of benzene rings is 1. The maximum atomic E-state index is 5.99. The SMILES string of the molecule is CC[C@@H](N)c1c[nH]c2ccc(Cl)cc12. The monoisotopic (exact) mass is 208 g/mol. The van der Waals surface area contributed by atoms with Gasteiger partial charge in [-0.05, 0) is 30.2 Å². The minimum Gasteiger partial charge on any atom is -0.361 e. The van der Waals surface area contributed by atoms with Gasteiger partial charge in [-0.2, -0.15) is 0 Å². The Hall–Kier alpha value is -0.990. The first-order valence-electron chi connectivity index (χ1n) is 4.74. The number of fused-ring (bicyclic) bond motifs is 1. The Morgan fingerprint density at radius 2 is 2.29 bits per heavy atom. The summed E-state index contributed by atoms with van der Waals surface area (Å²) in [5.41, 5.74) is 8.23. The van der Waals surface area contributed by atoms with E-state index in [0.29, 0.717) is 0 Å². The van der Waals surface area contributed by atoms with Crippen LogP contribution in [0.3, 0.4) is 0 Å². The van der Waals surface area contributed by atoms with Crippen molar-refractivity contribution in [1.82, 2.24) is 4.98 Å². The Balaban J connectivity index is 2.61. The Morgan fingerprint density at radius 1 is 1.50 bits per heavy atom. The van der Waals surface area contributed by atoms with Gasteiger partial charge in [0.25, 0.3) is 0 Å². The van der Waals surface area contributed by atoms with E-state index in [0.717, 1.165) is 27.9 Å². The summed E-state index contributed by atoms with van der Waals surface area (Å²) in [7, 11) is 0. The first-order chi connectivity index (χ1) is 6.72. The van der Waals surface area contributed by atoms with Crippen LogP contribution in [0.4, 0.5) is 0 Å². The summed E-state index contributed by atoms with van der Waals surface area (Å²) in [5, 5.41) is 1.88. The molecule has 74 valence electrons. The predicted molar refractivity (Wildman–Crippen MR) is 60.5 cm³/mol. The number of halogens is 1. The van der Waals surface area contributed by atoms with E-state index in [1.165, 1.54) is 0 Å². The number of nitrogens with one attached hydrogen (secondary N) is 1. The average molecular weight is 209 g/mol. The molecule has 0 bridgehead atoms. The highest BCUT2D eigenvalue weighted by Gasteiger charge is 2.09. The lowest BCUT2D eigenvalue weighted by Crippen LogP contribution is -2.07. The van der Waals surface area contributed by atoms with Gasteiger partial charge in [0, 0.05) is 28.2 Å². The predicted octanol–water partition coefficient (Wildman–Crippen LogP) is 3.23. The Morgan fingerprint density at radius 3 is 3.00 bits per heavy atom. The first kappa shape index (κ1) is 9.56. The number of hydrogen-bond acceptors (Lipinski definition) is 1. The third-order valence-electron chi connectivity index (χ3n) is 2.52. The zero-order chi connectivity index (χ0) is 10.1. The Kier molecular flexibility index (Phi) is 2.48. The maximum Gasteiger partial charge on any atom is 0.0458 e. The van der Waals surface area contributed by atoms with Gasteiger partial charge >= 0.3 is 0 Å². The van der Waals surface area contributed by atoms with E-state index in [-0.39, 0.29) is 6.04 Å². The van der Waals surface area contributed by atoms with E-state index in [1.54, 1.807) is 0 Å². The number of aromatic nitrogens is 1. The molecule has 0 unspecified atom stereocenters. The molecule has 1 atom stereocenters. The largest absolute Gasteiger partial charge is 0.361 e. The molecule has 3 heteroatoms. The second kappa shape index (κ2) is 3.64. The van der Waals surface area contributed by atoms with E-state index < -0.39 is 0 Å². The van der Waals surface area contributed by atoms with Crippen molar-refractivity contribution < 1.29 is 0 Å². The van der Waals surface area contributed by atoms with E-state index in [2.05, 4.69) is 11.9 Å². The Labute approximate surface area is 88.1 Å². The van der Waals surface area contributed by atoms with Crippen molar-refractivity contribution in [2.45, 2.75) is 19.4 Å². The molecule has 3 N–H and O–H groups in total. The van der Waals surface area contributed by atoms with Gasteiger partial charge < -0.3 is 10.7 Å². The molecule has 0 aliphatic heterocycles. The van der Waals surface area contributed by atoms with Gasteiger partial charge in [0.1, 0.15) is 0 Å². The molecular formula is C11H13ClN2. The van der Waals surface area contributed by atoms with Crippen LogP contribution < -0.4 is 5.73 Å². The Bertz CT molecular complexity index is 447. The third-order valence-corrected chi connectivity index (χ3v) is 2.75. The fourth-order valence-electron chi connectivity index (χ4n) is 1.64. The lowest BCUT2D eigenvalue weighted by Gasteiger charge is -2.06. The van der Waals surface area contributed by atoms with Crippen LogP contribution in [0.15, 0.2) is 24.4 Å². The molecule has 0 saturated heterocycles. The fourth-order valence-corrected chi connectivity index (χ4v) is 1.81. The fraction of sp³-hybridized carbons (Fsp3) is 0.273. The highest BCUT2D eigenvalue weighted by molar-refractivity contribution is 6.31. The van der Waals surface area contributed by atoms with Crippen molar-refractivity contribution in [2.75, 3.05) is 0 Å². The molecule has 0 saturated carbocycles. The summed E-state index contributed by atoms with van der Waals surface area (Å²) in [6.45, 7) is 2.08. The normalized spacial score (nSPS) is 13.4. The standard InChI is InChI=1S/C11H13ClN2/c1-2-10(13)9-6-14-11-4-3-7(12)5-8(9)11/h3-6,10,14H,2,13H2,1H3/t10-/m1/s1. The summed E-state index contributed by atoms with van der Waals surface area (Å²) >= 11 is 5.94. The minimum absolute atomic E-state index is 0.0854. The molecule has 0 aliphatic carbocycles. The number of H-pyrrole nitrogens is 1. The van der Waals surface area contributed by atoms with Gasteiger partial charge in [-0.3, -0.25) is 0 Å². The lowest BCUT2D eigenvalue weighted by atomic mass is 10.0. The number of nitrogens with two attached hydrogens (primary N) is 1. The molecule has 2 nitrogen and oxygen atoms in total. The summed E-state index contributed by atoms with van der Waals surface area (Å²) in [4.78, 5) is 3.19. The van der Waals surface area contributed by atoms with Gasteiger partial charge in [-0.25, -0.2) is 0 Å². The van der Waals surface area contributed by atoms with Crippen LogP contribution >= 0.6 is 11.6 Å². The molecule has 0 radical (unpaired) electrons. The van der Waals surface area contributed by atoms with Crippen LogP contribution in [0.1, 0.15) is 24.9 Å². The molecule has 0 aliphatic rings. The van der Waals surface area contributed by atoms with Gasteiger partial charge in [0.15, 0.2) is 0 Å². The van der Waals surface area contributed by atoms with E-state index in [1.807, 2.05) is 24.4 Å². The minimum atomic E-state index is 0.0854. The van der Waals surface area contributed by atoms with Crippen molar-refractivity contribution in [3.63, 3.8) is 0 Å². The van der Waals surface area contributed by atoms with Crippen LogP contribution in [-0.4, -0.2) is 4.98 Å². The smallest absolute Gasteiger partial charge is 0.0458 e. The van der Waals surface area contributed by atoms with Crippen molar-refractivity contribution in [2.24, 2.45) is 5.73 Å². The van der Waals surface area contributed by atoms with Crippen molar-refractivity contribution in [1.29, 1.82) is 0 Å². The molecule has 1 aromatic carbocycles. The molecular weight excluding hydrogens is 196 g/mol. The van der Waals surface area contributed by atoms with Gasteiger partial charge in [-0.1, -0.05) is 18.5 Å². The van der Waals surface area contributed by atoms with Crippen LogP contribution in [0, 0.1) is 0 Å². The van der Waals surface area contributed by atoms with Crippen LogP contribution in [0.5, 0.6) is 0 Å². The van der Waals surface area contributed by atoms with E-state index >= 15 is 0 Å². The molecule has 14 heavy (non-hydrogen) atoms. The molecule has 0 amide bonds. The molecule has 0 spiro atoms. The lowest BCUT2D eigenvalue weighted by molar-refractivity contribution is 0.704. The van der Waals surface area contributed by atoms with Crippen LogP contribution in [0.25, 0.3) is 10.9 Å². The number of rotatable bonds is 2. The summed E-state index contributed by atoms with van der Waals surface area (Å²) in [5.74, 6) is 0. The zero-order valence-corrected chi connectivity index (χ0v) is 8.81. The van der Waals surface area contributed by atoms with Gasteiger partial charge in [0.2, 0.25) is 0 Å². The van der Waals surface area contributed by atoms with Crippen LogP contribution in [0.2, 0.25) is 5.02 Å². The van der Waals surface area contributed by atoms with Gasteiger partial charge in [-0.15, -0.1) is 0 Å². The summed E-state index contributed by atoms with van der Waals surface area (Å²) in [6, 6.07) is 5.89. The van der Waals surface area contributed by atoms with Gasteiger partial charge in [0.05, 0.1) is 0 Å². The summed E-state index contributed by atoms with van der Waals surface area (Å²) in [6.07, 6.45) is 2.90. The van der Waals surface area contributed by atoms with E-state index in [4.69, 9.17) is 17.3 Å². The second-order valence-electron chi connectivity index (χ2n) is 3.45. The topological polar surface area (TPSA) is 41.8 Å². The zero-order valence-electron chi connectivity index (χ0n) is 8.05. The average Bonchev–Trinajstić information content (AvgIpc) is 2.59. The maximum absolute atomic E-state index is 5.99.